The van der Waals surface area contributed by atoms with Crippen LogP contribution in [-0.4, -0.2) is 17.4 Å². The Balaban J connectivity index is 2.16. The number of halogens is 3. The summed E-state index contributed by atoms with van der Waals surface area (Å²) in [6, 6.07) is 8.76. The summed E-state index contributed by atoms with van der Waals surface area (Å²) in [5.74, 6) is 0. The average molecular weight is 254 g/mol. The first-order valence-corrected chi connectivity index (χ1v) is 5.13. The number of ether oxygens (including phenoxy) is 1. The first kappa shape index (κ1) is 12.5. The summed E-state index contributed by atoms with van der Waals surface area (Å²) in [5, 5.41) is 9.62. The molecule has 0 N–H and O–H groups in total. The number of alkyl halides is 3. The lowest BCUT2D eigenvalue weighted by Gasteiger charge is -2.09. The second-order valence-corrected chi connectivity index (χ2v) is 3.76. The van der Waals surface area contributed by atoms with Gasteiger partial charge in [0.1, 0.15) is 13.3 Å². The van der Waals surface area contributed by atoms with Crippen molar-refractivity contribution in [3.8, 4) is 6.07 Å². The van der Waals surface area contributed by atoms with Gasteiger partial charge >= 0.3 is 6.18 Å². The normalized spacial score (nSPS) is 11.7. The van der Waals surface area contributed by atoms with Gasteiger partial charge in [0, 0.05) is 6.20 Å². The number of nitriles is 1. The Labute approximate surface area is 101 Å². The van der Waals surface area contributed by atoms with Crippen LogP contribution in [0.15, 0.2) is 30.5 Å². The minimum Gasteiger partial charge on any atom is -0.351 e. The topological polar surface area (TPSA) is 38.0 Å². The molecule has 0 unspecified atom stereocenters. The van der Waals surface area contributed by atoms with Gasteiger partial charge in [0.05, 0.1) is 17.1 Å². The van der Waals surface area contributed by atoms with Crippen molar-refractivity contribution < 1.29 is 17.9 Å². The van der Waals surface area contributed by atoms with Crippen molar-refractivity contribution in [3.63, 3.8) is 0 Å². The smallest absolute Gasteiger partial charge is 0.351 e. The summed E-state index contributed by atoms with van der Waals surface area (Å²) >= 11 is 0. The van der Waals surface area contributed by atoms with Gasteiger partial charge in [0.15, 0.2) is 0 Å². The second kappa shape index (κ2) is 4.70. The molecule has 0 radical (unpaired) electrons. The maximum Gasteiger partial charge on any atom is 0.411 e. The quantitative estimate of drug-likeness (QED) is 0.844. The van der Waals surface area contributed by atoms with Crippen molar-refractivity contribution in [1.82, 2.24) is 4.57 Å². The fourth-order valence-corrected chi connectivity index (χ4v) is 1.63. The summed E-state index contributed by atoms with van der Waals surface area (Å²) in [7, 11) is 0. The molecule has 0 aliphatic carbocycles. The van der Waals surface area contributed by atoms with Crippen LogP contribution in [0.3, 0.4) is 0 Å². The van der Waals surface area contributed by atoms with E-state index < -0.39 is 12.8 Å². The molecular weight excluding hydrogens is 245 g/mol. The lowest BCUT2D eigenvalue weighted by atomic mass is 10.2. The van der Waals surface area contributed by atoms with Crippen molar-refractivity contribution in [1.29, 1.82) is 5.26 Å². The molecule has 3 nitrogen and oxygen atoms in total. The molecule has 0 spiro atoms. The van der Waals surface area contributed by atoms with Gasteiger partial charge in [-0.2, -0.15) is 18.4 Å². The molecule has 18 heavy (non-hydrogen) atoms. The van der Waals surface area contributed by atoms with Gasteiger partial charge < -0.3 is 9.30 Å². The van der Waals surface area contributed by atoms with E-state index in [2.05, 4.69) is 4.74 Å². The number of rotatable bonds is 3. The first-order chi connectivity index (χ1) is 8.49. The molecule has 0 atom stereocenters. The molecule has 0 amide bonds. The summed E-state index contributed by atoms with van der Waals surface area (Å²) in [5.41, 5.74) is 1.13. The molecule has 0 aliphatic rings. The maximum absolute atomic E-state index is 11.9. The van der Waals surface area contributed by atoms with Crippen LogP contribution in [0.4, 0.5) is 13.2 Å². The number of hydrogen-bond donors (Lipinski definition) is 0. The van der Waals surface area contributed by atoms with Crippen LogP contribution in [0.5, 0.6) is 0 Å². The zero-order valence-electron chi connectivity index (χ0n) is 9.24. The summed E-state index contributed by atoms with van der Waals surface area (Å²) < 4.78 is 41.9. The molecule has 1 aromatic heterocycles. The molecule has 6 heteroatoms. The first-order valence-electron chi connectivity index (χ1n) is 5.13. The van der Waals surface area contributed by atoms with E-state index in [-0.39, 0.29) is 6.73 Å². The Morgan fingerprint density at radius 1 is 1.28 bits per heavy atom. The molecule has 94 valence electrons. The second-order valence-electron chi connectivity index (χ2n) is 3.76. The molecule has 1 heterocycles. The third-order valence-electron chi connectivity index (χ3n) is 2.40. The Kier molecular flexibility index (Phi) is 3.26. The predicted molar refractivity (Wildman–Crippen MR) is 58.7 cm³/mol. The van der Waals surface area contributed by atoms with E-state index in [1.165, 1.54) is 4.57 Å². The van der Waals surface area contributed by atoms with E-state index >= 15 is 0 Å². The minimum atomic E-state index is -4.33. The lowest BCUT2D eigenvalue weighted by molar-refractivity contribution is -0.181. The standard InChI is InChI=1S/C12H9F3N2O/c13-12(14,15)7-18-8-17-4-3-10-2-1-9(6-16)5-11(10)17/h1-5H,7-8H2. The van der Waals surface area contributed by atoms with E-state index in [9.17, 15) is 13.2 Å². The highest BCUT2D eigenvalue weighted by atomic mass is 19.4. The third-order valence-corrected chi connectivity index (χ3v) is 2.40. The van der Waals surface area contributed by atoms with Crippen molar-refractivity contribution in [2.45, 2.75) is 12.9 Å². The summed E-state index contributed by atoms with van der Waals surface area (Å²) in [4.78, 5) is 0. The molecule has 0 saturated heterocycles. The Morgan fingerprint density at radius 3 is 2.72 bits per heavy atom. The molecule has 0 bridgehead atoms. The van der Waals surface area contributed by atoms with E-state index in [4.69, 9.17) is 5.26 Å². The predicted octanol–water partition coefficient (Wildman–Crippen LogP) is 3.05. The SMILES string of the molecule is N#Cc1ccc2ccn(COCC(F)(F)F)c2c1. The van der Waals surface area contributed by atoms with Gasteiger partial charge in [-0.05, 0) is 23.6 Å². The van der Waals surface area contributed by atoms with Crippen LogP contribution in [0.1, 0.15) is 5.56 Å². The van der Waals surface area contributed by atoms with Crippen LogP contribution < -0.4 is 0 Å². The molecule has 0 saturated carbocycles. The maximum atomic E-state index is 11.9. The van der Waals surface area contributed by atoms with Gasteiger partial charge in [-0.3, -0.25) is 0 Å². The lowest BCUT2D eigenvalue weighted by Crippen LogP contribution is -2.18. The molecular formula is C12H9F3N2O. The highest BCUT2D eigenvalue weighted by Gasteiger charge is 2.27. The molecule has 2 rings (SSSR count). The molecule has 0 fully saturated rings. The number of benzene rings is 1. The van der Waals surface area contributed by atoms with E-state index in [0.717, 1.165) is 5.39 Å². The average Bonchev–Trinajstić information content (AvgIpc) is 2.70. The fourth-order valence-electron chi connectivity index (χ4n) is 1.63. The molecule has 2 aromatic rings. The highest BCUT2D eigenvalue weighted by Crippen LogP contribution is 2.19. The van der Waals surface area contributed by atoms with Crippen LogP contribution >= 0.6 is 0 Å². The zero-order chi connectivity index (χ0) is 13.2. The van der Waals surface area contributed by atoms with Crippen LogP contribution in [0.25, 0.3) is 10.9 Å². The Morgan fingerprint density at radius 2 is 2.06 bits per heavy atom. The van der Waals surface area contributed by atoms with E-state index in [1.807, 2.05) is 6.07 Å². The van der Waals surface area contributed by atoms with E-state index in [0.29, 0.717) is 11.1 Å². The van der Waals surface area contributed by atoms with Crippen LogP contribution in [0.2, 0.25) is 0 Å². The molecule has 1 aromatic carbocycles. The minimum absolute atomic E-state index is 0.197. The van der Waals surface area contributed by atoms with Crippen LogP contribution in [0, 0.1) is 11.3 Å². The van der Waals surface area contributed by atoms with Gasteiger partial charge in [0.25, 0.3) is 0 Å². The fraction of sp³-hybridized carbons (Fsp3) is 0.250. The van der Waals surface area contributed by atoms with Crippen molar-refractivity contribution in [3.05, 3.63) is 36.0 Å². The Hall–Kier alpha value is -2.00. The third kappa shape index (κ3) is 2.81. The molecule has 0 aliphatic heterocycles. The van der Waals surface area contributed by atoms with Gasteiger partial charge in [-0.1, -0.05) is 6.07 Å². The summed E-state index contributed by atoms with van der Waals surface area (Å²) in [6.07, 6.45) is -2.71. The Bertz CT molecular complexity index is 595. The van der Waals surface area contributed by atoms with Gasteiger partial charge in [-0.25, -0.2) is 0 Å². The number of aromatic nitrogens is 1. The zero-order valence-corrected chi connectivity index (χ0v) is 9.24. The van der Waals surface area contributed by atoms with Gasteiger partial charge in [0.2, 0.25) is 0 Å². The van der Waals surface area contributed by atoms with Crippen molar-refractivity contribution in [2.24, 2.45) is 0 Å². The monoisotopic (exact) mass is 254 g/mol. The summed E-state index contributed by atoms with van der Waals surface area (Å²) in [6.45, 7) is -1.48. The van der Waals surface area contributed by atoms with Crippen LogP contribution in [-0.2, 0) is 11.5 Å². The highest BCUT2D eigenvalue weighted by molar-refractivity contribution is 5.81. The van der Waals surface area contributed by atoms with E-state index in [1.54, 1.807) is 30.5 Å². The number of nitrogens with zero attached hydrogens (tertiary/aromatic N) is 2. The number of hydrogen-bond acceptors (Lipinski definition) is 2. The van der Waals surface area contributed by atoms with Crippen molar-refractivity contribution >= 4 is 10.9 Å². The number of fused-ring (bicyclic) bond motifs is 1. The van der Waals surface area contributed by atoms with Gasteiger partial charge in [-0.15, -0.1) is 0 Å². The van der Waals surface area contributed by atoms with Crippen molar-refractivity contribution in [2.75, 3.05) is 6.61 Å². The largest absolute Gasteiger partial charge is 0.411 e.